The summed E-state index contributed by atoms with van der Waals surface area (Å²) in [6.07, 6.45) is 2.73. The van der Waals surface area contributed by atoms with E-state index in [0.717, 1.165) is 31.9 Å². The van der Waals surface area contributed by atoms with Gasteiger partial charge in [0.2, 0.25) is 5.91 Å². The molecule has 1 aliphatic rings. The second kappa shape index (κ2) is 8.78. The third-order valence-corrected chi connectivity index (χ3v) is 6.43. The molecule has 0 aliphatic carbocycles. The fourth-order valence-electron chi connectivity index (χ4n) is 3.32. The summed E-state index contributed by atoms with van der Waals surface area (Å²) < 4.78 is 1.67. The zero-order valence-electron chi connectivity index (χ0n) is 14.6. The van der Waals surface area contributed by atoms with Gasteiger partial charge in [-0.15, -0.1) is 11.3 Å². The maximum atomic E-state index is 12.1. The van der Waals surface area contributed by atoms with Gasteiger partial charge in [-0.25, -0.2) is 0 Å². The number of hydrogen-bond acceptors (Lipinski definition) is 5. The standard InChI is InChI=1S/C18H25N3O2S2/c1-14-13-25-18(23)21(14)8-6-17(22)19-10-15-4-2-7-20(11-15)12-16-5-3-9-24-16/h3,5,9,13,15H,2,4,6-8,10-12H2,1H3,(H,19,22). The molecule has 3 heterocycles. The molecular weight excluding hydrogens is 354 g/mol. The molecule has 2 aromatic heterocycles. The van der Waals surface area contributed by atoms with E-state index in [0.29, 0.717) is 18.9 Å². The molecule has 0 aromatic carbocycles. The minimum absolute atomic E-state index is 0.0156. The number of thiazole rings is 1. The monoisotopic (exact) mass is 379 g/mol. The number of rotatable bonds is 7. The van der Waals surface area contributed by atoms with E-state index >= 15 is 0 Å². The molecule has 1 amide bonds. The maximum absolute atomic E-state index is 12.1. The molecule has 0 radical (unpaired) electrons. The van der Waals surface area contributed by atoms with Gasteiger partial charge in [-0.1, -0.05) is 17.4 Å². The van der Waals surface area contributed by atoms with E-state index in [4.69, 9.17) is 0 Å². The molecule has 136 valence electrons. The average molecular weight is 380 g/mol. The molecule has 1 aliphatic heterocycles. The summed E-state index contributed by atoms with van der Waals surface area (Å²) in [7, 11) is 0. The molecule has 1 atom stereocenters. The first-order valence-electron chi connectivity index (χ1n) is 8.78. The molecule has 0 bridgehead atoms. The van der Waals surface area contributed by atoms with E-state index in [-0.39, 0.29) is 10.8 Å². The number of aryl methyl sites for hydroxylation is 1. The fourth-order valence-corrected chi connectivity index (χ4v) is 4.83. The molecule has 2 aromatic rings. The Morgan fingerprint density at radius 2 is 2.28 bits per heavy atom. The van der Waals surface area contributed by atoms with Crippen LogP contribution in [0.2, 0.25) is 0 Å². The summed E-state index contributed by atoms with van der Waals surface area (Å²) in [5.74, 6) is 0.552. The highest BCUT2D eigenvalue weighted by molar-refractivity contribution is 7.09. The first kappa shape index (κ1) is 18.4. The van der Waals surface area contributed by atoms with Gasteiger partial charge in [-0.3, -0.25) is 14.5 Å². The van der Waals surface area contributed by atoms with Gasteiger partial charge in [-0.2, -0.15) is 0 Å². The molecular formula is C18H25N3O2S2. The first-order valence-corrected chi connectivity index (χ1v) is 10.5. The molecule has 0 spiro atoms. The summed E-state index contributed by atoms with van der Waals surface area (Å²) in [6, 6.07) is 4.28. The number of nitrogens with zero attached hydrogens (tertiary/aromatic N) is 2. The number of carbonyl (C=O) groups excluding carboxylic acids is 1. The van der Waals surface area contributed by atoms with Crippen molar-refractivity contribution < 1.29 is 4.79 Å². The minimum Gasteiger partial charge on any atom is -0.356 e. The van der Waals surface area contributed by atoms with Crippen LogP contribution in [0.15, 0.2) is 27.7 Å². The quantitative estimate of drug-likeness (QED) is 0.805. The number of piperidine rings is 1. The van der Waals surface area contributed by atoms with E-state index in [9.17, 15) is 9.59 Å². The van der Waals surface area contributed by atoms with Crippen molar-refractivity contribution >= 4 is 28.6 Å². The average Bonchev–Trinajstić information content (AvgIpc) is 3.22. The number of aromatic nitrogens is 1. The van der Waals surface area contributed by atoms with Crippen LogP contribution in [0.3, 0.4) is 0 Å². The Balaban J connectivity index is 1.40. The smallest absolute Gasteiger partial charge is 0.307 e. The number of amides is 1. The molecule has 25 heavy (non-hydrogen) atoms. The summed E-state index contributed by atoms with van der Waals surface area (Å²) in [5.41, 5.74) is 0.930. The lowest BCUT2D eigenvalue weighted by molar-refractivity contribution is -0.121. The first-order chi connectivity index (χ1) is 12.1. The highest BCUT2D eigenvalue weighted by atomic mass is 32.1. The van der Waals surface area contributed by atoms with Crippen molar-refractivity contribution in [2.45, 2.75) is 39.3 Å². The van der Waals surface area contributed by atoms with Crippen LogP contribution in [0.5, 0.6) is 0 Å². The van der Waals surface area contributed by atoms with Crippen molar-refractivity contribution in [2.75, 3.05) is 19.6 Å². The molecule has 7 heteroatoms. The molecule has 1 N–H and O–H groups in total. The van der Waals surface area contributed by atoms with Gasteiger partial charge in [0.1, 0.15) is 0 Å². The zero-order chi connectivity index (χ0) is 17.6. The largest absolute Gasteiger partial charge is 0.356 e. The lowest BCUT2D eigenvalue weighted by Gasteiger charge is -2.32. The molecule has 3 rings (SSSR count). The van der Waals surface area contributed by atoms with Crippen LogP contribution in [0.4, 0.5) is 0 Å². The van der Waals surface area contributed by atoms with Gasteiger partial charge >= 0.3 is 4.87 Å². The molecule has 1 unspecified atom stereocenters. The Hall–Kier alpha value is -1.44. The topological polar surface area (TPSA) is 54.3 Å². The Morgan fingerprint density at radius 3 is 3.00 bits per heavy atom. The Bertz CT molecular complexity index is 736. The molecule has 1 fully saturated rings. The highest BCUT2D eigenvalue weighted by Gasteiger charge is 2.20. The van der Waals surface area contributed by atoms with E-state index in [1.807, 2.05) is 12.3 Å². The zero-order valence-corrected chi connectivity index (χ0v) is 16.2. The van der Waals surface area contributed by atoms with Crippen molar-refractivity contribution in [3.8, 4) is 0 Å². The minimum atomic E-state index is 0.0156. The number of likely N-dealkylation sites (tertiary alicyclic amines) is 1. The van der Waals surface area contributed by atoms with Crippen LogP contribution in [-0.2, 0) is 17.9 Å². The number of nitrogens with one attached hydrogen (secondary N) is 1. The predicted molar refractivity (Wildman–Crippen MR) is 103 cm³/mol. The summed E-state index contributed by atoms with van der Waals surface area (Å²) >= 11 is 3.00. The molecule has 1 saturated heterocycles. The second-order valence-corrected chi connectivity index (χ2v) is 8.52. The molecule has 5 nitrogen and oxygen atoms in total. The van der Waals surface area contributed by atoms with Gasteiger partial charge in [-0.05, 0) is 43.7 Å². The predicted octanol–water partition coefficient (Wildman–Crippen LogP) is 2.70. The van der Waals surface area contributed by atoms with Gasteiger partial charge < -0.3 is 9.88 Å². The van der Waals surface area contributed by atoms with Crippen molar-refractivity contribution in [3.63, 3.8) is 0 Å². The van der Waals surface area contributed by atoms with Gasteiger partial charge in [0.05, 0.1) is 0 Å². The van der Waals surface area contributed by atoms with Crippen LogP contribution >= 0.6 is 22.7 Å². The summed E-state index contributed by atoms with van der Waals surface area (Å²) in [5, 5.41) is 7.02. The number of carbonyl (C=O) groups is 1. The maximum Gasteiger partial charge on any atom is 0.307 e. The van der Waals surface area contributed by atoms with Crippen molar-refractivity contribution in [3.05, 3.63) is 43.1 Å². The summed E-state index contributed by atoms with van der Waals surface area (Å²) in [4.78, 5) is 27.7. The Labute approximate surface area is 156 Å². The van der Waals surface area contributed by atoms with Crippen LogP contribution in [-0.4, -0.2) is 35.0 Å². The third-order valence-electron chi connectivity index (χ3n) is 4.69. The highest BCUT2D eigenvalue weighted by Crippen LogP contribution is 2.20. The van der Waals surface area contributed by atoms with E-state index in [2.05, 4.69) is 27.7 Å². The van der Waals surface area contributed by atoms with E-state index < -0.39 is 0 Å². The summed E-state index contributed by atoms with van der Waals surface area (Å²) in [6.45, 7) is 6.30. The SMILES string of the molecule is Cc1csc(=O)n1CCC(=O)NCC1CCCN(Cc2cccs2)C1. The van der Waals surface area contributed by atoms with Crippen molar-refractivity contribution in [1.82, 2.24) is 14.8 Å². The third kappa shape index (κ3) is 5.26. The van der Waals surface area contributed by atoms with Crippen molar-refractivity contribution in [2.24, 2.45) is 5.92 Å². The van der Waals surface area contributed by atoms with Crippen LogP contribution in [0.25, 0.3) is 0 Å². The molecule has 0 saturated carbocycles. The van der Waals surface area contributed by atoms with Crippen LogP contribution in [0, 0.1) is 12.8 Å². The van der Waals surface area contributed by atoms with Gasteiger partial charge in [0, 0.05) is 48.6 Å². The normalized spacial score (nSPS) is 18.4. The number of hydrogen-bond donors (Lipinski definition) is 1. The fraction of sp³-hybridized carbons (Fsp3) is 0.556. The second-order valence-electron chi connectivity index (χ2n) is 6.67. The Morgan fingerprint density at radius 1 is 1.40 bits per heavy atom. The lowest BCUT2D eigenvalue weighted by atomic mass is 9.98. The van der Waals surface area contributed by atoms with Crippen LogP contribution in [0.1, 0.15) is 29.8 Å². The van der Waals surface area contributed by atoms with E-state index in [1.54, 1.807) is 15.9 Å². The lowest BCUT2D eigenvalue weighted by Crippen LogP contribution is -2.40. The van der Waals surface area contributed by atoms with Crippen LogP contribution < -0.4 is 10.2 Å². The van der Waals surface area contributed by atoms with Gasteiger partial charge in [0.25, 0.3) is 0 Å². The Kier molecular flexibility index (Phi) is 6.45. The number of thiophene rings is 1. The van der Waals surface area contributed by atoms with E-state index in [1.165, 1.54) is 29.1 Å². The van der Waals surface area contributed by atoms with Gasteiger partial charge in [0.15, 0.2) is 0 Å². The van der Waals surface area contributed by atoms with Crippen molar-refractivity contribution in [1.29, 1.82) is 0 Å².